The summed E-state index contributed by atoms with van der Waals surface area (Å²) in [6.45, 7) is 0.800. The Balaban J connectivity index is 2.13. The Hall–Kier alpha value is -2.02. The number of rotatable bonds is 2. The molecular formula is C12H13N3O. The highest BCUT2D eigenvalue weighted by atomic mass is 16.2. The minimum absolute atomic E-state index is 0.0985. The van der Waals surface area contributed by atoms with Gasteiger partial charge in [0.25, 0.3) is 5.91 Å². The summed E-state index contributed by atoms with van der Waals surface area (Å²) in [7, 11) is 0. The molecule has 2 rings (SSSR count). The minimum atomic E-state index is -0.251. The maximum absolute atomic E-state index is 11.3. The third kappa shape index (κ3) is 2.14. The van der Waals surface area contributed by atoms with Crippen molar-refractivity contribution < 1.29 is 4.79 Å². The van der Waals surface area contributed by atoms with Gasteiger partial charge in [0.15, 0.2) is 0 Å². The number of nitriles is 1. The maximum Gasteiger partial charge on any atom is 0.252 e. The number of amides is 1. The van der Waals surface area contributed by atoms with Crippen LogP contribution in [-0.4, -0.2) is 12.5 Å². The number of carbonyl (C=O) groups excluding carboxylic acids is 1. The number of hydrogen-bond donors (Lipinski definition) is 1. The molecule has 0 spiro atoms. The molecule has 1 amide bonds. The van der Waals surface area contributed by atoms with Crippen molar-refractivity contribution in [2.45, 2.75) is 19.3 Å². The molecule has 1 aromatic carbocycles. The van der Waals surface area contributed by atoms with Crippen molar-refractivity contribution in [1.82, 2.24) is 5.43 Å². The van der Waals surface area contributed by atoms with Gasteiger partial charge in [0.05, 0.1) is 11.8 Å². The predicted molar refractivity (Wildman–Crippen MR) is 60.5 cm³/mol. The van der Waals surface area contributed by atoms with E-state index >= 15 is 0 Å². The first-order valence-corrected chi connectivity index (χ1v) is 5.33. The molecule has 0 unspecified atom stereocenters. The fourth-order valence-corrected chi connectivity index (χ4v) is 1.91. The van der Waals surface area contributed by atoms with Crippen LogP contribution in [0.4, 0.5) is 5.69 Å². The molecule has 0 aromatic heterocycles. The topological polar surface area (TPSA) is 56.1 Å². The van der Waals surface area contributed by atoms with Gasteiger partial charge < -0.3 is 0 Å². The number of carbonyl (C=O) groups is 1. The van der Waals surface area contributed by atoms with Crippen LogP contribution in [0.2, 0.25) is 0 Å². The average molecular weight is 215 g/mol. The monoisotopic (exact) mass is 215 g/mol. The van der Waals surface area contributed by atoms with Crippen LogP contribution in [0.1, 0.15) is 18.4 Å². The van der Waals surface area contributed by atoms with E-state index in [0.717, 1.165) is 25.1 Å². The molecule has 0 radical (unpaired) electrons. The number of benzene rings is 1. The van der Waals surface area contributed by atoms with Gasteiger partial charge in [0, 0.05) is 6.54 Å². The molecule has 1 aliphatic rings. The van der Waals surface area contributed by atoms with E-state index in [9.17, 15) is 4.79 Å². The Labute approximate surface area is 94.4 Å². The van der Waals surface area contributed by atoms with E-state index in [-0.39, 0.29) is 12.3 Å². The van der Waals surface area contributed by atoms with E-state index in [1.165, 1.54) is 5.56 Å². The first-order valence-electron chi connectivity index (χ1n) is 5.33. The summed E-state index contributed by atoms with van der Waals surface area (Å²) < 4.78 is 0. The third-order valence-corrected chi connectivity index (χ3v) is 2.61. The number of fused-ring (bicyclic) bond motifs is 1. The molecule has 0 atom stereocenters. The van der Waals surface area contributed by atoms with Crippen LogP contribution in [0, 0.1) is 11.3 Å². The van der Waals surface area contributed by atoms with Crippen molar-refractivity contribution in [2.75, 3.05) is 11.6 Å². The van der Waals surface area contributed by atoms with Crippen molar-refractivity contribution in [3.05, 3.63) is 29.8 Å². The minimum Gasteiger partial charge on any atom is -0.285 e. The second kappa shape index (κ2) is 4.67. The molecule has 0 fully saturated rings. The first-order chi connectivity index (χ1) is 7.81. The van der Waals surface area contributed by atoms with Gasteiger partial charge in [-0.3, -0.25) is 15.2 Å². The number of nitrogens with one attached hydrogen (secondary N) is 1. The summed E-state index contributed by atoms with van der Waals surface area (Å²) >= 11 is 0. The van der Waals surface area contributed by atoms with Crippen molar-refractivity contribution in [1.29, 1.82) is 5.26 Å². The summed E-state index contributed by atoms with van der Waals surface area (Å²) in [5.41, 5.74) is 5.03. The first kappa shape index (κ1) is 10.5. The maximum atomic E-state index is 11.3. The Morgan fingerprint density at radius 3 is 3.12 bits per heavy atom. The van der Waals surface area contributed by atoms with Crippen molar-refractivity contribution in [2.24, 2.45) is 0 Å². The molecule has 0 saturated heterocycles. The number of aryl methyl sites for hydroxylation is 1. The van der Waals surface area contributed by atoms with Gasteiger partial charge in [-0.25, -0.2) is 0 Å². The predicted octanol–water partition coefficient (Wildman–Crippen LogP) is 1.38. The highest BCUT2D eigenvalue weighted by Crippen LogP contribution is 2.24. The zero-order valence-electron chi connectivity index (χ0n) is 8.94. The van der Waals surface area contributed by atoms with Crippen molar-refractivity contribution in [3.63, 3.8) is 0 Å². The summed E-state index contributed by atoms with van der Waals surface area (Å²) in [6.07, 6.45) is 1.96. The number of anilines is 1. The van der Waals surface area contributed by atoms with Crippen LogP contribution in [0.3, 0.4) is 0 Å². The van der Waals surface area contributed by atoms with E-state index in [0.29, 0.717) is 0 Å². The van der Waals surface area contributed by atoms with E-state index in [4.69, 9.17) is 5.26 Å². The van der Waals surface area contributed by atoms with Gasteiger partial charge in [-0.05, 0) is 24.5 Å². The fourth-order valence-electron chi connectivity index (χ4n) is 1.91. The summed E-state index contributed by atoms with van der Waals surface area (Å²) in [6, 6.07) is 9.85. The van der Waals surface area contributed by atoms with Gasteiger partial charge in [0.2, 0.25) is 0 Å². The molecule has 0 bridgehead atoms. The molecular weight excluding hydrogens is 202 g/mol. The van der Waals surface area contributed by atoms with Crippen LogP contribution in [-0.2, 0) is 11.2 Å². The third-order valence-electron chi connectivity index (χ3n) is 2.61. The second-order valence-corrected chi connectivity index (χ2v) is 3.75. The molecule has 1 aromatic rings. The second-order valence-electron chi connectivity index (χ2n) is 3.75. The van der Waals surface area contributed by atoms with E-state index in [2.05, 4.69) is 11.5 Å². The Morgan fingerprint density at radius 2 is 2.31 bits per heavy atom. The molecule has 0 aliphatic carbocycles. The molecule has 0 saturated carbocycles. The average Bonchev–Trinajstić information content (AvgIpc) is 2.30. The van der Waals surface area contributed by atoms with Crippen LogP contribution in [0.25, 0.3) is 0 Å². The molecule has 16 heavy (non-hydrogen) atoms. The van der Waals surface area contributed by atoms with E-state index < -0.39 is 0 Å². The standard InChI is InChI=1S/C12H13N3O/c13-8-7-12(16)14-15-9-3-5-10-4-1-2-6-11(10)15/h1-2,4,6H,3,5,7,9H2,(H,14,16). The Kier molecular flexibility index (Phi) is 3.06. The van der Waals surface area contributed by atoms with Crippen LogP contribution in [0.5, 0.6) is 0 Å². The van der Waals surface area contributed by atoms with Crippen LogP contribution >= 0.6 is 0 Å². The highest BCUT2D eigenvalue weighted by Gasteiger charge is 2.17. The van der Waals surface area contributed by atoms with Crippen LogP contribution < -0.4 is 10.4 Å². The number of hydrogen-bond acceptors (Lipinski definition) is 3. The van der Waals surface area contributed by atoms with Gasteiger partial charge in [-0.1, -0.05) is 18.2 Å². The zero-order chi connectivity index (χ0) is 11.4. The molecule has 1 aliphatic heterocycles. The lowest BCUT2D eigenvalue weighted by atomic mass is 10.0. The van der Waals surface area contributed by atoms with Crippen LogP contribution in [0.15, 0.2) is 24.3 Å². The van der Waals surface area contributed by atoms with Gasteiger partial charge in [0.1, 0.15) is 6.42 Å². The lowest BCUT2D eigenvalue weighted by molar-refractivity contribution is -0.120. The highest BCUT2D eigenvalue weighted by molar-refractivity contribution is 5.80. The van der Waals surface area contributed by atoms with Gasteiger partial charge in [-0.2, -0.15) is 5.26 Å². The molecule has 4 nitrogen and oxygen atoms in total. The quantitative estimate of drug-likeness (QED) is 0.811. The molecule has 1 N–H and O–H groups in total. The lowest BCUT2D eigenvalue weighted by Crippen LogP contribution is -2.45. The van der Waals surface area contributed by atoms with E-state index in [1.54, 1.807) is 0 Å². The summed E-state index contributed by atoms with van der Waals surface area (Å²) in [5, 5.41) is 10.3. The zero-order valence-corrected chi connectivity index (χ0v) is 8.94. The number of para-hydroxylation sites is 1. The lowest BCUT2D eigenvalue weighted by Gasteiger charge is -2.30. The SMILES string of the molecule is N#CCC(=O)NN1CCCc2ccccc21. The Morgan fingerprint density at radius 1 is 1.50 bits per heavy atom. The molecule has 1 heterocycles. The van der Waals surface area contributed by atoms with E-state index in [1.807, 2.05) is 29.3 Å². The number of hydrazine groups is 1. The molecule has 82 valence electrons. The number of nitrogens with zero attached hydrogens (tertiary/aromatic N) is 2. The van der Waals surface area contributed by atoms with Crippen molar-refractivity contribution in [3.8, 4) is 6.07 Å². The largest absolute Gasteiger partial charge is 0.285 e. The Bertz CT molecular complexity index is 436. The fraction of sp³-hybridized carbons (Fsp3) is 0.333. The smallest absolute Gasteiger partial charge is 0.252 e. The molecule has 4 heteroatoms. The van der Waals surface area contributed by atoms with Gasteiger partial charge in [-0.15, -0.1) is 0 Å². The normalized spacial score (nSPS) is 13.8. The summed E-state index contributed by atoms with van der Waals surface area (Å²) in [5.74, 6) is -0.251. The van der Waals surface area contributed by atoms with Crippen molar-refractivity contribution >= 4 is 11.6 Å². The summed E-state index contributed by atoms with van der Waals surface area (Å²) in [4.78, 5) is 11.3. The van der Waals surface area contributed by atoms with Gasteiger partial charge >= 0.3 is 0 Å².